The topological polar surface area (TPSA) is 106 Å². The van der Waals surface area contributed by atoms with Crippen molar-refractivity contribution in [3.05, 3.63) is 118 Å². The van der Waals surface area contributed by atoms with Crippen LogP contribution in [0.5, 0.6) is 23.0 Å². The fraction of sp³-hybridized carbons (Fsp3) is 0.325. The molecule has 0 bridgehead atoms. The predicted molar refractivity (Wildman–Crippen MR) is 192 cm³/mol. The molecule has 0 fully saturated rings. The molecule has 9 nitrogen and oxygen atoms in total. The third-order valence-electron chi connectivity index (χ3n) is 8.40. The quantitative estimate of drug-likeness (QED) is 0.176. The molecule has 1 aliphatic heterocycles. The van der Waals surface area contributed by atoms with Crippen molar-refractivity contribution in [2.75, 3.05) is 19.7 Å². The lowest BCUT2D eigenvalue weighted by Crippen LogP contribution is -2.50. The minimum Gasteiger partial charge on any atom is -0.465 e. The summed E-state index contributed by atoms with van der Waals surface area (Å²) < 4.78 is 17.6. The molecule has 50 heavy (non-hydrogen) atoms. The van der Waals surface area contributed by atoms with E-state index in [2.05, 4.69) is 20.8 Å². The highest BCUT2D eigenvalue weighted by atomic mass is 35.5. The van der Waals surface area contributed by atoms with E-state index in [-0.39, 0.29) is 37.5 Å². The van der Waals surface area contributed by atoms with Crippen molar-refractivity contribution in [2.24, 2.45) is 5.92 Å². The number of halogens is 1. The van der Waals surface area contributed by atoms with Gasteiger partial charge in [0.1, 0.15) is 29.0 Å². The zero-order chi connectivity index (χ0) is 36.0. The van der Waals surface area contributed by atoms with Gasteiger partial charge < -0.3 is 19.3 Å². The molecule has 3 amide bonds. The van der Waals surface area contributed by atoms with Gasteiger partial charge in [-0.3, -0.25) is 9.69 Å². The molecule has 0 saturated carbocycles. The van der Waals surface area contributed by atoms with Gasteiger partial charge in [-0.1, -0.05) is 76.6 Å². The Labute approximate surface area is 298 Å². The van der Waals surface area contributed by atoms with Gasteiger partial charge in [0.05, 0.1) is 6.61 Å². The summed E-state index contributed by atoms with van der Waals surface area (Å²) in [5.74, 6) is 1.63. The largest absolute Gasteiger partial charge is 0.465 e. The first-order valence-corrected chi connectivity index (χ1v) is 17.1. The molecule has 10 heteroatoms. The Kier molecular flexibility index (Phi) is 11.4. The Morgan fingerprint density at radius 2 is 1.42 bits per heavy atom. The molecule has 1 atom stereocenters. The molecule has 0 saturated heterocycles. The van der Waals surface area contributed by atoms with Crippen LogP contribution in [0.3, 0.4) is 0 Å². The lowest BCUT2D eigenvalue weighted by Gasteiger charge is -2.37. The first-order valence-electron chi connectivity index (χ1n) is 16.7. The smallest absolute Gasteiger partial charge is 0.414 e. The van der Waals surface area contributed by atoms with Gasteiger partial charge in [0.2, 0.25) is 0 Å². The maximum Gasteiger partial charge on any atom is 0.414 e. The van der Waals surface area contributed by atoms with Gasteiger partial charge in [-0.05, 0) is 107 Å². The van der Waals surface area contributed by atoms with Crippen LogP contribution in [0.4, 0.5) is 9.59 Å². The van der Waals surface area contributed by atoms with E-state index < -0.39 is 24.1 Å². The highest BCUT2D eigenvalue weighted by Gasteiger charge is 2.41. The van der Waals surface area contributed by atoms with Crippen LogP contribution in [0.25, 0.3) is 0 Å². The summed E-state index contributed by atoms with van der Waals surface area (Å²) in [4.78, 5) is 42.4. The molecule has 0 unspecified atom stereocenters. The molecule has 0 aromatic heterocycles. The molecule has 262 valence electrons. The van der Waals surface area contributed by atoms with Crippen molar-refractivity contribution in [3.8, 4) is 23.0 Å². The van der Waals surface area contributed by atoms with E-state index in [9.17, 15) is 19.5 Å². The maximum atomic E-state index is 14.3. The third kappa shape index (κ3) is 9.15. The maximum absolute atomic E-state index is 14.3. The number of carbonyl (C=O) groups is 3. The van der Waals surface area contributed by atoms with Gasteiger partial charge in [0.15, 0.2) is 0 Å². The van der Waals surface area contributed by atoms with Crippen molar-refractivity contribution in [1.82, 2.24) is 9.80 Å². The van der Waals surface area contributed by atoms with E-state index in [0.29, 0.717) is 40.0 Å². The summed E-state index contributed by atoms with van der Waals surface area (Å²) in [5.41, 5.74) is 3.28. The fourth-order valence-electron chi connectivity index (χ4n) is 5.65. The number of fused-ring (bicyclic) bond motifs is 1. The first kappa shape index (κ1) is 36.3. The van der Waals surface area contributed by atoms with Gasteiger partial charge in [-0.15, -0.1) is 0 Å². The molecular formula is C40H43ClN2O7. The molecule has 5 rings (SSSR count). The van der Waals surface area contributed by atoms with Crippen LogP contribution in [-0.2, 0) is 27.8 Å². The normalized spacial score (nSPS) is 14.1. The highest BCUT2D eigenvalue weighted by molar-refractivity contribution is 6.30. The Morgan fingerprint density at radius 1 is 0.860 bits per heavy atom. The van der Waals surface area contributed by atoms with E-state index in [0.717, 1.165) is 21.6 Å². The number of hydrogen-bond donors (Lipinski definition) is 1. The minimum absolute atomic E-state index is 0.0164. The van der Waals surface area contributed by atoms with E-state index in [1.54, 1.807) is 42.5 Å². The number of rotatable bonds is 10. The lowest BCUT2D eigenvalue weighted by atomic mass is 9.87. The van der Waals surface area contributed by atoms with Gasteiger partial charge in [-0.2, -0.15) is 0 Å². The number of nitrogens with zero attached hydrogens (tertiary/aromatic N) is 2. The fourth-order valence-corrected chi connectivity index (χ4v) is 5.78. The molecule has 1 aliphatic rings. The second-order valence-electron chi connectivity index (χ2n) is 13.8. The average molecular weight is 699 g/mol. The second kappa shape index (κ2) is 15.7. The molecular weight excluding hydrogens is 656 g/mol. The molecule has 1 N–H and O–H groups in total. The number of carbonyl (C=O) groups excluding carboxylic acids is 2. The summed E-state index contributed by atoms with van der Waals surface area (Å²) in [6.07, 6.45) is -1.36. The summed E-state index contributed by atoms with van der Waals surface area (Å²) in [6, 6.07) is 26.2. The number of imide groups is 1. The first-order chi connectivity index (χ1) is 23.8. The van der Waals surface area contributed by atoms with Crippen molar-refractivity contribution in [2.45, 2.75) is 58.9 Å². The Balaban J connectivity index is 1.38. The van der Waals surface area contributed by atoms with Crippen LogP contribution in [0.15, 0.2) is 91.0 Å². The number of ether oxygens (including phenoxy) is 3. The summed E-state index contributed by atoms with van der Waals surface area (Å²) in [7, 11) is 0. The van der Waals surface area contributed by atoms with E-state index >= 15 is 0 Å². The van der Waals surface area contributed by atoms with Crippen LogP contribution >= 0.6 is 11.6 Å². The molecule has 4 aromatic carbocycles. The number of hydrogen-bond acceptors (Lipinski definition) is 6. The summed E-state index contributed by atoms with van der Waals surface area (Å²) >= 11 is 5.96. The Hall–Kier alpha value is -5.02. The van der Waals surface area contributed by atoms with Crippen molar-refractivity contribution >= 4 is 29.7 Å². The van der Waals surface area contributed by atoms with Crippen LogP contribution < -0.4 is 9.47 Å². The van der Waals surface area contributed by atoms with E-state index in [1.165, 1.54) is 4.90 Å². The standard InChI is InChI=1S/C40H43ClN2O7/c1-26(2)25-48-39(47)42-23-21-28-8-15-34(50-32-16-9-29(10-17-32)40(3,4)5)24-35(28)36(42)37(44)43(38(45)46)22-20-27-6-13-31(14-7-27)49-33-18-11-30(41)12-19-33/h6-19,24,26,36H,20-23,25H2,1-5H3,(H,45,46)/t36-/m0/s1. The van der Waals surface area contributed by atoms with Crippen molar-refractivity contribution in [3.63, 3.8) is 0 Å². The lowest BCUT2D eigenvalue weighted by molar-refractivity contribution is -0.135. The molecule has 4 aromatic rings. The molecule has 0 spiro atoms. The molecule has 0 aliphatic carbocycles. The average Bonchev–Trinajstić information content (AvgIpc) is 3.08. The number of carboxylic acid groups (broad SMARTS) is 1. The number of amides is 3. The van der Waals surface area contributed by atoms with Gasteiger partial charge in [0.25, 0.3) is 5.91 Å². The second-order valence-corrected chi connectivity index (χ2v) is 14.2. The Morgan fingerprint density at radius 3 is 2.00 bits per heavy atom. The zero-order valence-corrected chi connectivity index (χ0v) is 29.8. The van der Waals surface area contributed by atoms with Crippen LogP contribution in [0, 0.1) is 5.92 Å². The SMILES string of the molecule is CC(C)COC(=O)N1CCc2ccc(Oc3ccc(C(C)(C)C)cc3)cc2[C@H]1C(=O)N(CCc1ccc(Oc2ccc(Cl)cc2)cc1)C(=O)O. The van der Waals surface area contributed by atoms with Gasteiger partial charge in [-0.25, -0.2) is 14.5 Å². The molecule has 0 radical (unpaired) electrons. The van der Waals surface area contributed by atoms with Crippen LogP contribution in [-0.4, -0.2) is 52.7 Å². The van der Waals surface area contributed by atoms with Gasteiger partial charge in [0, 0.05) is 18.1 Å². The summed E-state index contributed by atoms with van der Waals surface area (Å²) in [6.45, 7) is 10.5. The predicted octanol–water partition coefficient (Wildman–Crippen LogP) is 9.66. The molecule has 1 heterocycles. The zero-order valence-electron chi connectivity index (χ0n) is 29.0. The monoisotopic (exact) mass is 698 g/mol. The Bertz CT molecular complexity index is 1800. The van der Waals surface area contributed by atoms with Crippen LogP contribution in [0.2, 0.25) is 5.02 Å². The van der Waals surface area contributed by atoms with E-state index in [1.807, 2.05) is 62.4 Å². The minimum atomic E-state index is -1.41. The van der Waals surface area contributed by atoms with Crippen molar-refractivity contribution < 1.29 is 33.7 Å². The van der Waals surface area contributed by atoms with Crippen LogP contribution in [0.1, 0.15) is 62.9 Å². The summed E-state index contributed by atoms with van der Waals surface area (Å²) in [5, 5.41) is 10.9. The third-order valence-corrected chi connectivity index (χ3v) is 8.66. The van der Waals surface area contributed by atoms with Crippen molar-refractivity contribution in [1.29, 1.82) is 0 Å². The highest BCUT2D eigenvalue weighted by Crippen LogP contribution is 2.36. The van der Waals surface area contributed by atoms with E-state index in [4.69, 9.17) is 25.8 Å². The van der Waals surface area contributed by atoms with Gasteiger partial charge >= 0.3 is 12.2 Å². The number of benzene rings is 4.